The van der Waals surface area contributed by atoms with E-state index in [0.29, 0.717) is 25.2 Å². The van der Waals surface area contributed by atoms with Crippen LogP contribution in [0.1, 0.15) is 27.6 Å². The molecule has 33 heavy (non-hydrogen) atoms. The summed E-state index contributed by atoms with van der Waals surface area (Å²) in [7, 11) is 3.95. The van der Waals surface area contributed by atoms with Crippen LogP contribution in [-0.4, -0.2) is 55.5 Å². The third-order valence-electron chi connectivity index (χ3n) is 5.71. The summed E-state index contributed by atoms with van der Waals surface area (Å²) in [6.07, 6.45) is -0.510. The number of ether oxygens (including phenoxy) is 1. The number of rotatable bonds is 8. The summed E-state index contributed by atoms with van der Waals surface area (Å²) in [6.45, 7) is 2.47. The maximum absolute atomic E-state index is 12.3. The number of cyclic esters (lactones) is 1. The number of benzene rings is 3. The molecule has 2 amide bonds. The van der Waals surface area contributed by atoms with E-state index in [9.17, 15) is 9.59 Å². The standard InChI is InChI=1S/C27H29N3O3/c1-29(2)17-16-28-26(31)24-14-12-22(13-15-24)21-10-8-20(9-11-21)18-30-19-25(33-27(30)32)23-6-4-3-5-7-23/h3-15,25H,16-19H2,1-2H3,(H,28,31)/t25-/m0/s1. The Labute approximate surface area is 194 Å². The Hall–Kier alpha value is -3.64. The zero-order valence-electron chi connectivity index (χ0n) is 19.0. The Balaban J connectivity index is 1.34. The van der Waals surface area contributed by atoms with Gasteiger partial charge < -0.3 is 15.0 Å². The molecule has 0 aromatic heterocycles. The minimum Gasteiger partial charge on any atom is -0.439 e. The van der Waals surface area contributed by atoms with E-state index >= 15 is 0 Å². The first-order valence-electron chi connectivity index (χ1n) is 11.1. The Bertz CT molecular complexity index is 1080. The third-order valence-corrected chi connectivity index (χ3v) is 5.71. The van der Waals surface area contributed by atoms with Crippen molar-refractivity contribution in [3.8, 4) is 11.1 Å². The van der Waals surface area contributed by atoms with Crippen molar-refractivity contribution in [2.24, 2.45) is 0 Å². The number of hydrogen-bond donors (Lipinski definition) is 1. The van der Waals surface area contributed by atoms with Gasteiger partial charge in [-0.25, -0.2) is 4.79 Å². The maximum Gasteiger partial charge on any atom is 0.410 e. The number of carbonyl (C=O) groups excluding carboxylic acids is 2. The van der Waals surface area contributed by atoms with Crippen LogP contribution in [-0.2, 0) is 11.3 Å². The fraction of sp³-hybridized carbons (Fsp3) is 0.259. The van der Waals surface area contributed by atoms with E-state index < -0.39 is 0 Å². The molecule has 0 spiro atoms. The largest absolute Gasteiger partial charge is 0.439 e. The highest BCUT2D eigenvalue weighted by molar-refractivity contribution is 5.94. The SMILES string of the molecule is CN(C)CCNC(=O)c1ccc(-c2ccc(CN3C[C@@H](c4ccccc4)OC3=O)cc2)cc1. The molecule has 1 N–H and O–H groups in total. The molecule has 3 aromatic carbocycles. The molecule has 1 aliphatic heterocycles. The molecule has 0 saturated carbocycles. The average Bonchev–Trinajstić information content (AvgIpc) is 3.20. The van der Waals surface area contributed by atoms with Crippen molar-refractivity contribution in [1.29, 1.82) is 0 Å². The summed E-state index contributed by atoms with van der Waals surface area (Å²) in [6, 6.07) is 25.6. The summed E-state index contributed by atoms with van der Waals surface area (Å²) in [5.74, 6) is -0.0648. The van der Waals surface area contributed by atoms with Crippen molar-refractivity contribution in [3.05, 3.63) is 95.6 Å². The molecule has 1 fully saturated rings. The lowest BCUT2D eigenvalue weighted by Crippen LogP contribution is -2.31. The third kappa shape index (κ3) is 5.79. The van der Waals surface area contributed by atoms with Crippen LogP contribution in [0.4, 0.5) is 4.79 Å². The van der Waals surface area contributed by atoms with Crippen LogP contribution >= 0.6 is 0 Å². The Morgan fingerprint density at radius 3 is 2.24 bits per heavy atom. The van der Waals surface area contributed by atoms with Crippen LogP contribution in [0.5, 0.6) is 0 Å². The van der Waals surface area contributed by atoms with Gasteiger partial charge in [0.2, 0.25) is 0 Å². The van der Waals surface area contributed by atoms with Gasteiger partial charge in [-0.3, -0.25) is 9.69 Å². The van der Waals surface area contributed by atoms with E-state index in [2.05, 4.69) is 5.32 Å². The lowest BCUT2D eigenvalue weighted by molar-refractivity contribution is 0.0951. The minimum atomic E-state index is -0.285. The molecular weight excluding hydrogens is 414 g/mol. The van der Waals surface area contributed by atoms with Crippen molar-refractivity contribution < 1.29 is 14.3 Å². The van der Waals surface area contributed by atoms with E-state index in [-0.39, 0.29) is 18.1 Å². The van der Waals surface area contributed by atoms with Gasteiger partial charge in [0.05, 0.1) is 6.54 Å². The van der Waals surface area contributed by atoms with E-state index in [1.807, 2.05) is 97.9 Å². The highest BCUT2D eigenvalue weighted by atomic mass is 16.6. The first-order chi connectivity index (χ1) is 16.0. The quantitative estimate of drug-likeness (QED) is 0.563. The smallest absolute Gasteiger partial charge is 0.410 e. The molecule has 0 unspecified atom stereocenters. The van der Waals surface area contributed by atoms with Crippen LogP contribution in [0.25, 0.3) is 11.1 Å². The van der Waals surface area contributed by atoms with Gasteiger partial charge in [0.25, 0.3) is 5.91 Å². The van der Waals surface area contributed by atoms with Crippen LogP contribution in [0.15, 0.2) is 78.9 Å². The van der Waals surface area contributed by atoms with E-state index in [4.69, 9.17) is 4.74 Å². The Morgan fingerprint density at radius 1 is 0.970 bits per heavy atom. The number of hydrogen-bond acceptors (Lipinski definition) is 4. The number of carbonyl (C=O) groups is 2. The Morgan fingerprint density at radius 2 is 1.61 bits per heavy atom. The van der Waals surface area contributed by atoms with Crippen molar-refractivity contribution in [2.75, 3.05) is 33.7 Å². The van der Waals surface area contributed by atoms with Gasteiger partial charge in [-0.05, 0) is 48.5 Å². The second-order valence-electron chi connectivity index (χ2n) is 8.50. The molecule has 6 heteroatoms. The zero-order chi connectivity index (χ0) is 23.2. The summed E-state index contributed by atoms with van der Waals surface area (Å²) in [4.78, 5) is 28.3. The van der Waals surface area contributed by atoms with Crippen molar-refractivity contribution in [2.45, 2.75) is 12.6 Å². The lowest BCUT2D eigenvalue weighted by Gasteiger charge is -2.13. The predicted octanol–water partition coefficient (Wildman–Crippen LogP) is 4.34. The van der Waals surface area contributed by atoms with Gasteiger partial charge in [-0.15, -0.1) is 0 Å². The molecule has 0 bridgehead atoms. The highest BCUT2D eigenvalue weighted by Crippen LogP contribution is 2.28. The molecule has 3 aromatic rings. The number of nitrogens with one attached hydrogen (secondary N) is 1. The molecule has 0 radical (unpaired) electrons. The van der Waals surface area contributed by atoms with Crippen LogP contribution < -0.4 is 5.32 Å². The lowest BCUT2D eigenvalue weighted by atomic mass is 10.0. The fourth-order valence-electron chi connectivity index (χ4n) is 3.81. The molecule has 0 aliphatic carbocycles. The number of amides is 2. The van der Waals surface area contributed by atoms with Crippen molar-refractivity contribution in [3.63, 3.8) is 0 Å². The maximum atomic E-state index is 12.3. The molecule has 6 nitrogen and oxygen atoms in total. The minimum absolute atomic E-state index is 0.0648. The molecule has 1 saturated heterocycles. The number of nitrogens with zero attached hydrogens (tertiary/aromatic N) is 2. The second kappa shape index (κ2) is 10.3. The highest BCUT2D eigenvalue weighted by Gasteiger charge is 2.32. The van der Waals surface area contributed by atoms with Crippen LogP contribution in [0.3, 0.4) is 0 Å². The van der Waals surface area contributed by atoms with Gasteiger partial charge in [-0.2, -0.15) is 0 Å². The summed E-state index contributed by atoms with van der Waals surface area (Å²) in [5, 5.41) is 2.93. The van der Waals surface area contributed by atoms with Gasteiger partial charge in [0.1, 0.15) is 6.10 Å². The first-order valence-corrected chi connectivity index (χ1v) is 11.1. The zero-order valence-corrected chi connectivity index (χ0v) is 19.0. The predicted molar refractivity (Wildman–Crippen MR) is 129 cm³/mol. The molecule has 1 atom stereocenters. The van der Waals surface area contributed by atoms with Gasteiger partial charge in [0.15, 0.2) is 0 Å². The Kier molecular flexibility index (Phi) is 7.05. The monoisotopic (exact) mass is 443 g/mol. The fourth-order valence-corrected chi connectivity index (χ4v) is 3.81. The van der Waals surface area contributed by atoms with Crippen LogP contribution in [0.2, 0.25) is 0 Å². The van der Waals surface area contributed by atoms with Gasteiger partial charge >= 0.3 is 6.09 Å². The number of likely N-dealkylation sites (N-methyl/N-ethyl adjacent to an activating group) is 1. The van der Waals surface area contributed by atoms with Crippen molar-refractivity contribution in [1.82, 2.24) is 15.1 Å². The van der Waals surface area contributed by atoms with E-state index in [1.165, 1.54) is 0 Å². The summed E-state index contributed by atoms with van der Waals surface area (Å²) in [5.41, 5.74) is 4.80. The topological polar surface area (TPSA) is 61.9 Å². The van der Waals surface area contributed by atoms with Crippen LogP contribution in [0, 0.1) is 0 Å². The molecule has 4 rings (SSSR count). The molecule has 1 aliphatic rings. The molecule has 1 heterocycles. The van der Waals surface area contributed by atoms with E-state index in [0.717, 1.165) is 28.8 Å². The average molecular weight is 444 g/mol. The van der Waals surface area contributed by atoms with Crippen molar-refractivity contribution >= 4 is 12.0 Å². The summed E-state index contributed by atoms with van der Waals surface area (Å²) < 4.78 is 5.54. The normalized spacial score (nSPS) is 15.5. The molecule has 170 valence electrons. The van der Waals surface area contributed by atoms with Gasteiger partial charge in [0, 0.05) is 25.2 Å². The van der Waals surface area contributed by atoms with E-state index in [1.54, 1.807) is 4.90 Å². The molecular formula is C27H29N3O3. The summed E-state index contributed by atoms with van der Waals surface area (Å²) >= 11 is 0. The first kappa shape index (κ1) is 22.6. The van der Waals surface area contributed by atoms with Gasteiger partial charge in [-0.1, -0.05) is 66.7 Å². The second-order valence-corrected chi connectivity index (χ2v) is 8.50.